The van der Waals surface area contributed by atoms with E-state index in [1.54, 1.807) is 4.90 Å². The van der Waals surface area contributed by atoms with E-state index >= 15 is 0 Å². The highest BCUT2D eigenvalue weighted by Gasteiger charge is 2.39. The third-order valence-corrected chi connectivity index (χ3v) is 5.09. The fraction of sp³-hybridized carbons (Fsp3) is 0.556. The summed E-state index contributed by atoms with van der Waals surface area (Å²) in [6.45, 7) is 6.55. The van der Waals surface area contributed by atoms with E-state index in [0.29, 0.717) is 44.8 Å². The van der Waals surface area contributed by atoms with Gasteiger partial charge in [-0.05, 0) is 31.5 Å². The van der Waals surface area contributed by atoms with Gasteiger partial charge < -0.3 is 19.7 Å². The van der Waals surface area contributed by atoms with Crippen molar-refractivity contribution in [1.82, 2.24) is 19.8 Å². The van der Waals surface area contributed by atoms with E-state index in [2.05, 4.69) is 14.9 Å². The summed E-state index contributed by atoms with van der Waals surface area (Å²) in [5.74, 6) is 0.799. The highest BCUT2D eigenvalue weighted by Crippen LogP contribution is 2.25. The van der Waals surface area contributed by atoms with Crippen LogP contribution >= 0.6 is 0 Å². The molecular weight excluding hydrogens is 320 g/mol. The maximum absolute atomic E-state index is 12.8. The summed E-state index contributed by atoms with van der Waals surface area (Å²) in [7, 11) is 0. The molecule has 0 saturated carbocycles. The topological polar surface area (TPSA) is 81.7 Å². The van der Waals surface area contributed by atoms with E-state index in [-0.39, 0.29) is 5.91 Å². The van der Waals surface area contributed by atoms with Crippen LogP contribution in [-0.2, 0) is 4.74 Å². The van der Waals surface area contributed by atoms with Crippen molar-refractivity contribution in [3.63, 3.8) is 0 Å². The molecule has 1 aromatic heterocycles. The molecule has 2 N–H and O–H groups in total. The second-order valence-corrected chi connectivity index (χ2v) is 7.14. The van der Waals surface area contributed by atoms with E-state index in [1.165, 1.54) is 0 Å². The summed E-state index contributed by atoms with van der Waals surface area (Å²) in [6.07, 6.45) is 0.613. The van der Waals surface area contributed by atoms with E-state index in [9.17, 15) is 9.90 Å². The highest BCUT2D eigenvalue weighted by molar-refractivity contribution is 5.97. The van der Waals surface area contributed by atoms with Gasteiger partial charge in [-0.25, -0.2) is 4.98 Å². The van der Waals surface area contributed by atoms with Crippen LogP contribution in [0.1, 0.15) is 22.6 Å². The Morgan fingerprint density at radius 1 is 1.36 bits per heavy atom. The molecule has 0 spiro atoms. The van der Waals surface area contributed by atoms with Crippen LogP contribution in [0.2, 0.25) is 0 Å². The third kappa shape index (κ3) is 3.40. The van der Waals surface area contributed by atoms with Gasteiger partial charge in [0.25, 0.3) is 5.91 Å². The molecule has 2 aliphatic heterocycles. The monoisotopic (exact) mass is 344 g/mol. The summed E-state index contributed by atoms with van der Waals surface area (Å²) in [4.78, 5) is 24.3. The van der Waals surface area contributed by atoms with Crippen LogP contribution in [0.4, 0.5) is 0 Å². The highest BCUT2D eigenvalue weighted by atomic mass is 16.5. The Kier molecular flexibility index (Phi) is 4.23. The van der Waals surface area contributed by atoms with Crippen LogP contribution in [0.5, 0.6) is 0 Å². The van der Waals surface area contributed by atoms with Gasteiger partial charge in [-0.2, -0.15) is 0 Å². The summed E-state index contributed by atoms with van der Waals surface area (Å²) in [5, 5.41) is 10.9. The number of imidazole rings is 1. The van der Waals surface area contributed by atoms with Crippen LogP contribution in [0, 0.1) is 6.92 Å². The molecule has 0 radical (unpaired) electrons. The Morgan fingerprint density at radius 2 is 2.16 bits per heavy atom. The van der Waals surface area contributed by atoms with Crippen LogP contribution in [0.15, 0.2) is 18.2 Å². The molecule has 2 aliphatic rings. The fourth-order valence-corrected chi connectivity index (χ4v) is 3.79. The maximum atomic E-state index is 12.8. The molecule has 2 saturated heterocycles. The van der Waals surface area contributed by atoms with Gasteiger partial charge in [0, 0.05) is 31.7 Å². The summed E-state index contributed by atoms with van der Waals surface area (Å²) < 4.78 is 5.36. The first-order chi connectivity index (χ1) is 12.0. The van der Waals surface area contributed by atoms with Crippen molar-refractivity contribution in [2.24, 2.45) is 0 Å². The van der Waals surface area contributed by atoms with Gasteiger partial charge in [-0.1, -0.05) is 0 Å². The number of nitrogens with one attached hydrogen (secondary N) is 1. The zero-order valence-corrected chi connectivity index (χ0v) is 14.5. The lowest BCUT2D eigenvalue weighted by atomic mass is 10.0. The Balaban J connectivity index is 1.45. The molecule has 1 amide bonds. The minimum Gasteiger partial charge on any atom is -0.387 e. The molecular formula is C18H24N4O3. The molecule has 2 fully saturated rings. The molecule has 7 nitrogen and oxygen atoms in total. The number of hydrogen-bond donors (Lipinski definition) is 2. The summed E-state index contributed by atoms with van der Waals surface area (Å²) in [6, 6.07) is 5.52. The van der Waals surface area contributed by atoms with E-state index in [1.807, 2.05) is 25.1 Å². The number of morpholine rings is 1. The number of likely N-dealkylation sites (tertiary alicyclic amines) is 1. The smallest absolute Gasteiger partial charge is 0.254 e. The molecule has 1 atom stereocenters. The van der Waals surface area contributed by atoms with Crippen LogP contribution in [0.3, 0.4) is 0 Å². The number of carbonyl (C=O) groups excluding carboxylic acids is 1. The first-order valence-corrected chi connectivity index (χ1v) is 8.81. The number of hydrogen-bond acceptors (Lipinski definition) is 5. The van der Waals surface area contributed by atoms with Crippen molar-refractivity contribution in [1.29, 1.82) is 0 Å². The SMILES string of the molecule is Cc1nc2ccc(C(=O)N3CC[C@@](O)(CN4CCOCC4)C3)cc2[nH]1. The van der Waals surface area contributed by atoms with Crippen molar-refractivity contribution in [3.05, 3.63) is 29.6 Å². The fourth-order valence-electron chi connectivity index (χ4n) is 3.79. The van der Waals surface area contributed by atoms with Crippen LogP contribution in [-0.4, -0.2) is 82.3 Å². The minimum absolute atomic E-state index is 0.0351. The van der Waals surface area contributed by atoms with Gasteiger partial charge in [-0.15, -0.1) is 0 Å². The number of benzene rings is 1. The first kappa shape index (κ1) is 16.5. The van der Waals surface area contributed by atoms with Crippen molar-refractivity contribution >= 4 is 16.9 Å². The molecule has 1 aromatic carbocycles. The Morgan fingerprint density at radius 3 is 2.96 bits per heavy atom. The number of aryl methyl sites for hydroxylation is 1. The van der Waals surface area contributed by atoms with Crippen molar-refractivity contribution in [2.45, 2.75) is 18.9 Å². The Labute approximate surface area is 146 Å². The van der Waals surface area contributed by atoms with Crippen molar-refractivity contribution < 1.29 is 14.6 Å². The first-order valence-electron chi connectivity index (χ1n) is 8.81. The number of amides is 1. The molecule has 0 unspecified atom stereocenters. The van der Waals surface area contributed by atoms with Crippen molar-refractivity contribution in [3.8, 4) is 0 Å². The predicted molar refractivity (Wildman–Crippen MR) is 93.6 cm³/mol. The number of fused-ring (bicyclic) bond motifs is 1. The molecule has 134 valence electrons. The van der Waals surface area contributed by atoms with Crippen molar-refractivity contribution in [2.75, 3.05) is 45.9 Å². The number of β-amino-alcohol motifs (C(OH)–C–C–N with tert-alkyl or cyclic N) is 1. The Bertz CT molecular complexity index is 784. The molecule has 0 bridgehead atoms. The third-order valence-electron chi connectivity index (χ3n) is 5.09. The minimum atomic E-state index is -0.832. The van der Waals surface area contributed by atoms with Gasteiger partial charge in [-0.3, -0.25) is 9.69 Å². The van der Waals surface area contributed by atoms with Gasteiger partial charge in [0.1, 0.15) is 5.82 Å². The number of ether oxygens (including phenoxy) is 1. The summed E-state index contributed by atoms with van der Waals surface area (Å²) >= 11 is 0. The standard InChI is InChI=1S/C18H24N4O3/c1-13-19-15-3-2-14(10-16(15)20-13)17(23)22-5-4-18(24,12-22)11-21-6-8-25-9-7-21/h2-3,10,24H,4-9,11-12H2,1H3,(H,19,20)/t18-/m1/s1. The van der Waals surface area contributed by atoms with E-state index in [4.69, 9.17) is 4.74 Å². The second kappa shape index (κ2) is 6.40. The molecule has 4 rings (SSSR count). The molecule has 2 aromatic rings. The normalized spacial score (nSPS) is 25.0. The average Bonchev–Trinajstić information content (AvgIpc) is 3.16. The zero-order valence-electron chi connectivity index (χ0n) is 14.5. The van der Waals surface area contributed by atoms with E-state index < -0.39 is 5.60 Å². The van der Waals surface area contributed by atoms with E-state index in [0.717, 1.165) is 29.9 Å². The van der Waals surface area contributed by atoms with Gasteiger partial charge in [0.2, 0.25) is 0 Å². The Hall–Kier alpha value is -1.96. The average molecular weight is 344 g/mol. The largest absolute Gasteiger partial charge is 0.387 e. The predicted octanol–water partition coefficient (Wildman–Crippen LogP) is 0.781. The number of rotatable bonds is 3. The lowest BCUT2D eigenvalue weighted by Gasteiger charge is -2.33. The number of carbonyl (C=O) groups is 1. The number of nitrogens with zero attached hydrogens (tertiary/aromatic N) is 3. The zero-order chi connectivity index (χ0) is 17.4. The second-order valence-electron chi connectivity index (χ2n) is 7.14. The number of aliphatic hydroxyl groups is 1. The lowest BCUT2D eigenvalue weighted by Crippen LogP contribution is -2.49. The molecule has 7 heteroatoms. The number of aromatic nitrogens is 2. The molecule has 25 heavy (non-hydrogen) atoms. The molecule has 0 aliphatic carbocycles. The number of aromatic amines is 1. The van der Waals surface area contributed by atoms with Crippen LogP contribution < -0.4 is 0 Å². The molecule has 3 heterocycles. The van der Waals surface area contributed by atoms with Gasteiger partial charge in [0.15, 0.2) is 0 Å². The quantitative estimate of drug-likeness (QED) is 0.860. The number of H-pyrrole nitrogens is 1. The maximum Gasteiger partial charge on any atom is 0.254 e. The van der Waals surface area contributed by atoms with Gasteiger partial charge in [0.05, 0.1) is 36.4 Å². The summed E-state index contributed by atoms with van der Waals surface area (Å²) in [5.41, 5.74) is 1.53. The van der Waals surface area contributed by atoms with Gasteiger partial charge >= 0.3 is 0 Å². The van der Waals surface area contributed by atoms with Crippen LogP contribution in [0.25, 0.3) is 11.0 Å². The lowest BCUT2D eigenvalue weighted by molar-refractivity contribution is -0.0257.